The molecule has 0 aliphatic rings. The first kappa shape index (κ1) is 24.0. The van der Waals surface area contributed by atoms with Crippen molar-refractivity contribution in [1.29, 1.82) is 5.41 Å². The van der Waals surface area contributed by atoms with E-state index in [1.807, 2.05) is 79.7 Å². The minimum Gasteiger partial charge on any atom is -0.456 e. The second kappa shape index (κ2) is 9.29. The Labute approximate surface area is 230 Å². The van der Waals surface area contributed by atoms with Gasteiger partial charge in [-0.15, -0.1) is 0 Å². The summed E-state index contributed by atoms with van der Waals surface area (Å²) in [6, 6.07) is 32.1. The number of benzene rings is 5. The Hall–Kier alpha value is -5.07. The molecule has 0 fully saturated rings. The van der Waals surface area contributed by atoms with E-state index in [-0.39, 0.29) is 6.04 Å². The number of para-hydroxylation sites is 2. The fraction of sp³-hybridized carbons (Fsp3) is 0.0882. The molecule has 2 heterocycles. The number of fused-ring (bicyclic) bond motifs is 6. The monoisotopic (exact) mass is 524 g/mol. The van der Waals surface area contributed by atoms with Crippen molar-refractivity contribution in [3.05, 3.63) is 108 Å². The molecule has 0 aliphatic heterocycles. The summed E-state index contributed by atoms with van der Waals surface area (Å²) in [7, 11) is 0. The predicted octanol–water partition coefficient (Wildman–Crippen LogP) is 9.38. The highest BCUT2D eigenvalue weighted by molar-refractivity contribution is 6.07. The van der Waals surface area contributed by atoms with Crippen LogP contribution in [0, 0.1) is 5.41 Å². The lowest BCUT2D eigenvalue weighted by atomic mass is 9.98. The number of anilines is 4. The zero-order valence-corrected chi connectivity index (χ0v) is 22.2. The lowest BCUT2D eigenvalue weighted by molar-refractivity contribution is 0.668. The number of nitrogens with one attached hydrogen (secondary N) is 3. The van der Waals surface area contributed by atoms with E-state index >= 15 is 0 Å². The molecule has 196 valence electrons. The van der Waals surface area contributed by atoms with Crippen LogP contribution < -0.4 is 16.4 Å². The van der Waals surface area contributed by atoms with Gasteiger partial charge in [0.2, 0.25) is 0 Å². The van der Waals surface area contributed by atoms with Crippen LogP contribution in [0.2, 0.25) is 0 Å². The van der Waals surface area contributed by atoms with E-state index in [0.717, 1.165) is 77.8 Å². The molecule has 5 aromatic carbocycles. The quantitative estimate of drug-likeness (QED) is 0.162. The van der Waals surface area contributed by atoms with Gasteiger partial charge in [0.05, 0.1) is 0 Å². The van der Waals surface area contributed by atoms with Crippen LogP contribution >= 0.6 is 0 Å². The van der Waals surface area contributed by atoms with Crippen molar-refractivity contribution >= 4 is 72.3 Å². The summed E-state index contributed by atoms with van der Waals surface area (Å²) >= 11 is 0. The third kappa shape index (κ3) is 4.06. The van der Waals surface area contributed by atoms with Crippen molar-refractivity contribution in [2.24, 2.45) is 5.73 Å². The molecular weight excluding hydrogens is 496 g/mol. The van der Waals surface area contributed by atoms with Gasteiger partial charge in [0.25, 0.3) is 0 Å². The number of rotatable bonds is 6. The van der Waals surface area contributed by atoms with Gasteiger partial charge in [-0.1, -0.05) is 36.4 Å². The standard InChI is InChI=1S/C34H28N4O2/c1-19(35)27-17-28(20(2)36)30(38-22-12-14-26-24-8-4-6-10-32(24)40-34(26)16-22)18-29(27)37-21-11-13-25-23-7-3-5-9-31(23)39-33(25)15-21/h3-19,36-38H,35H2,1-2H3. The summed E-state index contributed by atoms with van der Waals surface area (Å²) in [6.07, 6.45) is 0. The summed E-state index contributed by atoms with van der Waals surface area (Å²) in [5.41, 5.74) is 15.4. The maximum Gasteiger partial charge on any atom is 0.137 e. The first-order valence-electron chi connectivity index (χ1n) is 13.3. The van der Waals surface area contributed by atoms with Gasteiger partial charge in [0.1, 0.15) is 22.3 Å². The molecule has 1 unspecified atom stereocenters. The van der Waals surface area contributed by atoms with E-state index in [4.69, 9.17) is 20.0 Å². The normalized spacial score (nSPS) is 12.4. The predicted molar refractivity (Wildman–Crippen MR) is 166 cm³/mol. The van der Waals surface area contributed by atoms with Gasteiger partial charge in [-0.25, -0.2) is 0 Å². The van der Waals surface area contributed by atoms with E-state index in [9.17, 15) is 0 Å². The van der Waals surface area contributed by atoms with E-state index in [1.165, 1.54) is 0 Å². The molecule has 0 saturated carbocycles. The van der Waals surface area contributed by atoms with Crippen molar-refractivity contribution in [2.45, 2.75) is 19.9 Å². The van der Waals surface area contributed by atoms with E-state index < -0.39 is 0 Å². The van der Waals surface area contributed by atoms with Crippen LogP contribution in [0.3, 0.4) is 0 Å². The zero-order valence-electron chi connectivity index (χ0n) is 22.2. The molecule has 7 rings (SSSR count). The Balaban J connectivity index is 1.29. The Bertz CT molecular complexity index is 2080. The van der Waals surface area contributed by atoms with Crippen molar-refractivity contribution in [3.8, 4) is 0 Å². The van der Waals surface area contributed by atoms with Gasteiger partial charge < -0.3 is 30.6 Å². The summed E-state index contributed by atoms with van der Waals surface area (Å²) in [4.78, 5) is 0. The zero-order chi connectivity index (χ0) is 27.4. The smallest absolute Gasteiger partial charge is 0.137 e. The highest BCUT2D eigenvalue weighted by Crippen LogP contribution is 2.37. The molecule has 6 nitrogen and oxygen atoms in total. The van der Waals surface area contributed by atoms with Gasteiger partial charge in [0, 0.05) is 73.7 Å². The van der Waals surface area contributed by atoms with Gasteiger partial charge in [-0.05, 0) is 67.9 Å². The molecule has 40 heavy (non-hydrogen) atoms. The number of hydrogen-bond donors (Lipinski definition) is 4. The fourth-order valence-electron chi connectivity index (χ4n) is 5.43. The number of hydrogen-bond acceptors (Lipinski definition) is 6. The summed E-state index contributed by atoms with van der Waals surface area (Å²) in [6.45, 7) is 3.74. The summed E-state index contributed by atoms with van der Waals surface area (Å²) in [5, 5.41) is 19.9. The molecule has 0 spiro atoms. The lowest BCUT2D eigenvalue weighted by Crippen LogP contribution is -2.11. The molecule has 0 aliphatic carbocycles. The number of nitrogens with two attached hydrogens (primary N) is 1. The molecule has 0 saturated heterocycles. The van der Waals surface area contributed by atoms with E-state index in [1.54, 1.807) is 6.92 Å². The van der Waals surface area contributed by atoms with Crippen LogP contribution in [0.25, 0.3) is 43.9 Å². The van der Waals surface area contributed by atoms with Gasteiger partial charge >= 0.3 is 0 Å². The van der Waals surface area contributed by atoms with Crippen molar-refractivity contribution in [3.63, 3.8) is 0 Å². The summed E-state index contributed by atoms with van der Waals surface area (Å²) in [5.74, 6) is 0. The van der Waals surface area contributed by atoms with E-state index in [0.29, 0.717) is 5.71 Å². The second-order valence-corrected chi connectivity index (χ2v) is 10.3. The minimum atomic E-state index is -0.239. The molecule has 0 bridgehead atoms. The second-order valence-electron chi connectivity index (χ2n) is 10.3. The average molecular weight is 525 g/mol. The van der Waals surface area contributed by atoms with Gasteiger partial charge in [-0.2, -0.15) is 0 Å². The van der Waals surface area contributed by atoms with Crippen LogP contribution in [0.4, 0.5) is 22.7 Å². The van der Waals surface area contributed by atoms with Gasteiger partial charge in [0.15, 0.2) is 0 Å². The first-order chi connectivity index (χ1) is 19.4. The molecule has 5 N–H and O–H groups in total. The van der Waals surface area contributed by atoms with Crippen LogP contribution in [-0.4, -0.2) is 5.71 Å². The molecule has 7 aromatic rings. The third-order valence-corrected chi connectivity index (χ3v) is 7.40. The Morgan fingerprint density at radius 1 is 0.650 bits per heavy atom. The van der Waals surface area contributed by atoms with E-state index in [2.05, 4.69) is 34.9 Å². The fourth-order valence-corrected chi connectivity index (χ4v) is 5.43. The molecule has 0 amide bonds. The van der Waals surface area contributed by atoms with Crippen LogP contribution in [-0.2, 0) is 0 Å². The highest BCUT2D eigenvalue weighted by Gasteiger charge is 2.16. The highest BCUT2D eigenvalue weighted by atomic mass is 16.3. The lowest BCUT2D eigenvalue weighted by Gasteiger charge is -2.20. The Morgan fingerprint density at radius 2 is 1.15 bits per heavy atom. The van der Waals surface area contributed by atoms with Crippen LogP contribution in [0.5, 0.6) is 0 Å². The largest absolute Gasteiger partial charge is 0.456 e. The molecule has 6 heteroatoms. The number of furan rings is 2. The average Bonchev–Trinajstić information content (AvgIpc) is 3.50. The summed E-state index contributed by atoms with van der Waals surface area (Å²) < 4.78 is 12.2. The Kier molecular flexibility index (Phi) is 5.58. The maximum atomic E-state index is 8.49. The topological polar surface area (TPSA) is 100 Å². The van der Waals surface area contributed by atoms with Crippen molar-refractivity contribution in [2.75, 3.05) is 10.6 Å². The van der Waals surface area contributed by atoms with Crippen molar-refractivity contribution in [1.82, 2.24) is 0 Å². The SMILES string of the molecule is CC(=N)c1cc(C(C)N)c(Nc2ccc3c(c2)oc2ccccc23)cc1Nc1ccc2c(c1)oc1ccccc12. The maximum absolute atomic E-state index is 8.49. The Morgan fingerprint density at radius 3 is 1.68 bits per heavy atom. The van der Waals surface area contributed by atoms with Crippen LogP contribution in [0.15, 0.2) is 106 Å². The molecule has 1 atom stereocenters. The molecular formula is C34H28N4O2. The molecule has 2 aromatic heterocycles. The van der Waals surface area contributed by atoms with Gasteiger partial charge in [-0.3, -0.25) is 0 Å². The molecule has 0 radical (unpaired) electrons. The third-order valence-electron chi connectivity index (χ3n) is 7.40. The minimum absolute atomic E-state index is 0.239. The van der Waals surface area contributed by atoms with Crippen LogP contribution in [0.1, 0.15) is 31.0 Å². The van der Waals surface area contributed by atoms with Crippen molar-refractivity contribution < 1.29 is 8.83 Å². The first-order valence-corrected chi connectivity index (χ1v) is 13.3.